The fourth-order valence-corrected chi connectivity index (χ4v) is 3.73. The lowest BCUT2D eigenvalue weighted by Gasteiger charge is -2.35. The van der Waals surface area contributed by atoms with Gasteiger partial charge in [0.05, 0.1) is 33.7 Å². The topological polar surface area (TPSA) is 119 Å². The lowest BCUT2D eigenvalue weighted by Crippen LogP contribution is -2.45. The van der Waals surface area contributed by atoms with Crippen molar-refractivity contribution in [2.75, 3.05) is 5.32 Å². The van der Waals surface area contributed by atoms with E-state index >= 15 is 0 Å². The minimum Gasteiger partial charge on any atom is -0.322 e. The number of allylic oxidation sites excluding steroid dienone is 1. The summed E-state index contributed by atoms with van der Waals surface area (Å²) in [5.74, 6) is -1.81. The van der Waals surface area contributed by atoms with Crippen LogP contribution in [-0.4, -0.2) is 22.0 Å². The quantitative estimate of drug-likeness (QED) is 0.764. The maximum atomic E-state index is 12.4. The average Bonchev–Trinajstić information content (AvgIpc) is 2.56. The zero-order valence-electron chi connectivity index (χ0n) is 14.3. The first kappa shape index (κ1) is 19.8. The molecular formula is C17H16ClN5O2S. The molecule has 1 aliphatic heterocycles. The van der Waals surface area contributed by atoms with Crippen molar-refractivity contribution in [2.45, 2.75) is 26.0 Å². The number of hydrogen-bond acceptors (Lipinski definition) is 6. The first-order valence-electron chi connectivity index (χ1n) is 7.65. The molecule has 9 heteroatoms. The van der Waals surface area contributed by atoms with E-state index < -0.39 is 22.5 Å². The number of aromatic nitrogens is 1. The van der Waals surface area contributed by atoms with Crippen molar-refractivity contribution in [3.8, 4) is 12.1 Å². The average molecular weight is 390 g/mol. The van der Waals surface area contributed by atoms with Crippen LogP contribution in [0.25, 0.3) is 0 Å². The number of halogens is 1. The van der Waals surface area contributed by atoms with E-state index in [1.807, 2.05) is 6.07 Å². The third kappa shape index (κ3) is 3.82. The van der Waals surface area contributed by atoms with Gasteiger partial charge in [0.2, 0.25) is 11.8 Å². The zero-order chi connectivity index (χ0) is 19.5. The number of amides is 2. The predicted molar refractivity (Wildman–Crippen MR) is 98.6 cm³/mol. The second-order valence-electron chi connectivity index (χ2n) is 6.18. The maximum Gasteiger partial charge on any atom is 0.243 e. The van der Waals surface area contributed by atoms with Gasteiger partial charge < -0.3 is 10.6 Å². The van der Waals surface area contributed by atoms with Crippen molar-refractivity contribution in [2.24, 2.45) is 11.3 Å². The minimum absolute atomic E-state index is 0.166. The first-order chi connectivity index (χ1) is 12.2. The smallest absolute Gasteiger partial charge is 0.243 e. The summed E-state index contributed by atoms with van der Waals surface area (Å²) in [4.78, 5) is 28.5. The fraction of sp³-hybridized carbons (Fsp3) is 0.353. The van der Waals surface area contributed by atoms with E-state index in [1.54, 1.807) is 32.9 Å². The molecule has 1 aromatic heterocycles. The van der Waals surface area contributed by atoms with Crippen LogP contribution in [0, 0.1) is 34.0 Å². The Morgan fingerprint density at radius 1 is 1.50 bits per heavy atom. The molecule has 2 N–H and O–H groups in total. The van der Waals surface area contributed by atoms with Gasteiger partial charge in [-0.25, -0.2) is 4.98 Å². The fourth-order valence-electron chi connectivity index (χ4n) is 2.46. The van der Waals surface area contributed by atoms with Crippen LogP contribution in [0.2, 0.25) is 5.15 Å². The van der Waals surface area contributed by atoms with Gasteiger partial charge in [-0.2, -0.15) is 10.5 Å². The lowest BCUT2D eigenvalue weighted by molar-refractivity contribution is -0.125. The van der Waals surface area contributed by atoms with E-state index in [0.717, 1.165) is 11.8 Å². The minimum atomic E-state index is -0.972. The molecule has 2 rings (SSSR count). The maximum absolute atomic E-state index is 12.4. The van der Waals surface area contributed by atoms with Crippen LogP contribution in [0.15, 0.2) is 28.9 Å². The largest absolute Gasteiger partial charge is 0.322 e. The number of nitrogens with one attached hydrogen (secondary N) is 2. The third-order valence-corrected chi connectivity index (χ3v) is 5.42. The predicted octanol–water partition coefficient (Wildman–Crippen LogP) is 2.83. The van der Waals surface area contributed by atoms with Crippen LogP contribution in [-0.2, 0) is 9.59 Å². The number of nitriles is 2. The Bertz CT molecular complexity index is 869. The first-order valence-corrected chi connectivity index (χ1v) is 8.91. The molecule has 0 aliphatic carbocycles. The van der Waals surface area contributed by atoms with Crippen molar-refractivity contribution in [1.29, 1.82) is 10.5 Å². The molecule has 2 heterocycles. The highest BCUT2D eigenvalue weighted by Gasteiger charge is 2.45. The Balaban J connectivity index is 2.23. The number of carbonyl (C=O) groups excluding carboxylic acids is 2. The summed E-state index contributed by atoms with van der Waals surface area (Å²) >= 11 is 6.97. The zero-order valence-corrected chi connectivity index (χ0v) is 15.9. The van der Waals surface area contributed by atoms with Crippen LogP contribution in [0.1, 0.15) is 20.8 Å². The van der Waals surface area contributed by atoms with E-state index in [1.165, 1.54) is 6.20 Å². The number of pyridine rings is 1. The number of rotatable bonds is 4. The van der Waals surface area contributed by atoms with Gasteiger partial charge in [0, 0.05) is 11.6 Å². The molecule has 0 saturated heterocycles. The molecule has 0 aromatic carbocycles. The third-order valence-electron chi connectivity index (χ3n) is 4.01. The summed E-state index contributed by atoms with van der Waals surface area (Å²) in [5.41, 5.74) is -0.303. The molecule has 0 spiro atoms. The van der Waals surface area contributed by atoms with Gasteiger partial charge >= 0.3 is 0 Å². The molecule has 0 saturated carbocycles. The summed E-state index contributed by atoms with van der Waals surface area (Å²) in [6.45, 7) is 4.97. The highest BCUT2D eigenvalue weighted by molar-refractivity contribution is 8.04. The monoisotopic (exact) mass is 389 g/mol. The summed E-state index contributed by atoms with van der Waals surface area (Å²) in [6.07, 6.45) is 1.51. The van der Waals surface area contributed by atoms with Crippen molar-refractivity contribution in [3.05, 3.63) is 34.1 Å². The SMILES string of the molecule is C[C@H](SC1=C(C#N)C(C)(C)[C@H](C#N)C(=O)N1)C(=O)Nc1cccnc1Cl. The van der Waals surface area contributed by atoms with Gasteiger partial charge in [-0.15, -0.1) is 0 Å². The Morgan fingerprint density at radius 3 is 2.77 bits per heavy atom. The molecule has 2 atom stereocenters. The standard InChI is InChI=1S/C17H16ClN5O2S/c1-9(14(24)22-12-5-4-6-21-13(12)18)26-16-11(8-20)17(2,3)10(7-19)15(25)23-16/h4-6,9-10H,1-3H3,(H,22,24)(H,23,25)/t9-,10+/m0/s1. The Labute approximate surface area is 160 Å². The van der Waals surface area contributed by atoms with Crippen LogP contribution < -0.4 is 10.6 Å². The van der Waals surface area contributed by atoms with Crippen molar-refractivity contribution in [3.63, 3.8) is 0 Å². The van der Waals surface area contributed by atoms with E-state index in [-0.39, 0.29) is 21.7 Å². The molecule has 1 aliphatic rings. The molecule has 134 valence electrons. The second kappa shape index (κ2) is 7.77. The highest BCUT2D eigenvalue weighted by atomic mass is 35.5. The van der Waals surface area contributed by atoms with Gasteiger partial charge in [0.1, 0.15) is 5.92 Å². The van der Waals surface area contributed by atoms with Crippen molar-refractivity contribution < 1.29 is 9.59 Å². The molecule has 7 nitrogen and oxygen atoms in total. The highest BCUT2D eigenvalue weighted by Crippen LogP contribution is 2.42. The number of thioether (sulfide) groups is 1. The van der Waals surface area contributed by atoms with Gasteiger partial charge in [0.25, 0.3) is 0 Å². The number of carbonyl (C=O) groups is 2. The van der Waals surface area contributed by atoms with Gasteiger partial charge in [-0.1, -0.05) is 37.2 Å². The van der Waals surface area contributed by atoms with Crippen LogP contribution in [0.5, 0.6) is 0 Å². The van der Waals surface area contributed by atoms with Crippen molar-refractivity contribution >= 4 is 40.9 Å². The Morgan fingerprint density at radius 2 is 2.19 bits per heavy atom. The summed E-state index contributed by atoms with van der Waals surface area (Å²) in [6, 6.07) is 7.26. The van der Waals surface area contributed by atoms with Gasteiger partial charge in [0.15, 0.2) is 5.15 Å². The molecule has 2 amide bonds. The molecule has 0 fully saturated rings. The normalized spacial score (nSPS) is 19.8. The summed E-state index contributed by atoms with van der Waals surface area (Å²) in [7, 11) is 0. The van der Waals surface area contributed by atoms with Crippen LogP contribution in [0.3, 0.4) is 0 Å². The number of anilines is 1. The number of hydrogen-bond donors (Lipinski definition) is 2. The molecule has 0 bridgehead atoms. The Kier molecular flexibility index (Phi) is 5.91. The second-order valence-corrected chi connectivity index (χ2v) is 7.89. The van der Waals surface area contributed by atoms with E-state index in [2.05, 4.69) is 21.7 Å². The van der Waals surface area contributed by atoms with E-state index in [4.69, 9.17) is 11.6 Å². The Hall–Kier alpha value is -2.55. The summed E-state index contributed by atoms with van der Waals surface area (Å²) < 4.78 is 0. The van der Waals surface area contributed by atoms with Crippen LogP contribution in [0.4, 0.5) is 5.69 Å². The van der Waals surface area contributed by atoms with Gasteiger partial charge in [-0.3, -0.25) is 9.59 Å². The van der Waals surface area contributed by atoms with Crippen LogP contribution >= 0.6 is 23.4 Å². The molecule has 0 radical (unpaired) electrons. The number of nitrogens with zero attached hydrogens (tertiary/aromatic N) is 3. The molecule has 26 heavy (non-hydrogen) atoms. The summed E-state index contributed by atoms with van der Waals surface area (Å²) in [5, 5.41) is 23.8. The van der Waals surface area contributed by atoms with E-state index in [9.17, 15) is 20.1 Å². The molecular weight excluding hydrogens is 374 g/mol. The van der Waals surface area contributed by atoms with Gasteiger partial charge in [-0.05, 0) is 19.1 Å². The van der Waals surface area contributed by atoms with Crippen molar-refractivity contribution in [1.82, 2.24) is 10.3 Å². The molecule has 1 aromatic rings. The lowest BCUT2D eigenvalue weighted by atomic mass is 9.72. The molecule has 0 unspecified atom stereocenters. The van der Waals surface area contributed by atoms with E-state index in [0.29, 0.717) is 5.69 Å².